The average Bonchev–Trinajstić information content (AvgIpc) is 3.01. The Morgan fingerprint density at radius 3 is 1.93 bits per heavy atom. The summed E-state index contributed by atoms with van der Waals surface area (Å²) in [6.45, 7) is 16.9. The standard InChI is InChI=1S/C36H52N6O2/c1-8-12-14-28(10-3)23-42(24-29(11-4)15-13-9-2)32-16-17-34(35(20-32)39-27(7)43)40-41-36-30(21-37)18-33(19-31(36)22-38)44-25-26(5)6/h16-20,26,28-29H,8-15,23-25H2,1-7H3,(H,39,43). The lowest BCUT2D eigenvalue weighted by Crippen LogP contribution is -2.34. The zero-order chi connectivity index (χ0) is 32.5. The van der Waals surface area contributed by atoms with Crippen LogP contribution in [0.3, 0.4) is 0 Å². The van der Waals surface area contributed by atoms with Crippen LogP contribution < -0.4 is 15.0 Å². The maximum atomic E-state index is 12.3. The van der Waals surface area contributed by atoms with Crippen molar-refractivity contribution in [2.75, 3.05) is 29.9 Å². The Hall–Kier alpha value is -3.91. The van der Waals surface area contributed by atoms with Gasteiger partial charge in [-0.3, -0.25) is 4.79 Å². The molecule has 0 aromatic heterocycles. The molecule has 0 saturated heterocycles. The Labute approximate surface area is 265 Å². The molecular formula is C36H52N6O2. The fourth-order valence-electron chi connectivity index (χ4n) is 5.18. The zero-order valence-corrected chi connectivity index (χ0v) is 27.9. The molecule has 8 nitrogen and oxygen atoms in total. The Kier molecular flexibility index (Phi) is 16.0. The van der Waals surface area contributed by atoms with E-state index >= 15 is 0 Å². The number of carbonyl (C=O) groups excluding carboxylic acids is 1. The van der Waals surface area contributed by atoms with Gasteiger partial charge in [0.05, 0.1) is 23.4 Å². The third-order valence-corrected chi connectivity index (χ3v) is 7.87. The summed E-state index contributed by atoms with van der Waals surface area (Å²) in [5.41, 5.74) is 2.61. The van der Waals surface area contributed by atoms with Gasteiger partial charge < -0.3 is 15.0 Å². The Morgan fingerprint density at radius 2 is 1.48 bits per heavy atom. The number of hydrogen-bond acceptors (Lipinski definition) is 7. The first-order chi connectivity index (χ1) is 21.2. The number of carbonyl (C=O) groups is 1. The summed E-state index contributed by atoms with van der Waals surface area (Å²) < 4.78 is 5.76. The molecule has 0 spiro atoms. The van der Waals surface area contributed by atoms with Gasteiger partial charge in [0.25, 0.3) is 0 Å². The number of hydrogen-bond donors (Lipinski definition) is 1. The number of benzene rings is 2. The second kappa shape index (κ2) is 19.4. The van der Waals surface area contributed by atoms with Gasteiger partial charge in [-0.2, -0.15) is 10.5 Å². The normalized spacial score (nSPS) is 12.5. The van der Waals surface area contributed by atoms with Crippen molar-refractivity contribution in [1.82, 2.24) is 0 Å². The van der Waals surface area contributed by atoms with Crippen molar-refractivity contribution >= 4 is 28.7 Å². The van der Waals surface area contributed by atoms with Crippen molar-refractivity contribution in [3.63, 3.8) is 0 Å². The molecule has 2 aromatic rings. The fourth-order valence-corrected chi connectivity index (χ4v) is 5.18. The largest absolute Gasteiger partial charge is 0.493 e. The SMILES string of the molecule is CCCCC(CC)CN(CC(CC)CCCC)c1ccc(N=Nc2c(C#N)cc(OCC(C)C)cc2C#N)c(NC(C)=O)c1. The molecule has 8 heteroatoms. The number of rotatable bonds is 19. The topological polar surface area (TPSA) is 114 Å². The molecule has 0 saturated carbocycles. The van der Waals surface area contributed by atoms with Gasteiger partial charge in [-0.1, -0.05) is 80.1 Å². The number of azo groups is 1. The molecule has 1 N–H and O–H groups in total. The van der Waals surface area contributed by atoms with Gasteiger partial charge in [-0.05, 0) is 48.8 Å². The first kappa shape index (κ1) is 36.3. The Morgan fingerprint density at radius 1 is 0.909 bits per heavy atom. The molecule has 2 unspecified atom stereocenters. The molecule has 0 fully saturated rings. The minimum atomic E-state index is -0.212. The number of ether oxygens (including phenoxy) is 1. The van der Waals surface area contributed by atoms with Gasteiger partial charge in [-0.15, -0.1) is 10.2 Å². The van der Waals surface area contributed by atoms with E-state index in [4.69, 9.17) is 4.74 Å². The van der Waals surface area contributed by atoms with E-state index in [2.05, 4.69) is 60.3 Å². The van der Waals surface area contributed by atoms with E-state index in [1.807, 2.05) is 32.0 Å². The number of nitriles is 2. The van der Waals surface area contributed by atoms with Gasteiger partial charge in [0, 0.05) is 37.8 Å². The lowest BCUT2D eigenvalue weighted by atomic mass is 9.95. The molecule has 2 aromatic carbocycles. The minimum Gasteiger partial charge on any atom is -0.493 e. The molecular weight excluding hydrogens is 548 g/mol. The zero-order valence-electron chi connectivity index (χ0n) is 27.9. The van der Waals surface area contributed by atoms with Gasteiger partial charge in [-0.25, -0.2) is 0 Å². The second-order valence-corrected chi connectivity index (χ2v) is 12.1. The molecule has 2 atom stereocenters. The van der Waals surface area contributed by atoms with E-state index < -0.39 is 0 Å². The average molecular weight is 601 g/mol. The summed E-state index contributed by atoms with van der Waals surface area (Å²) in [4.78, 5) is 14.7. The van der Waals surface area contributed by atoms with Crippen LogP contribution >= 0.6 is 0 Å². The van der Waals surface area contributed by atoms with E-state index in [1.165, 1.54) is 45.4 Å². The number of nitrogens with zero attached hydrogens (tertiary/aromatic N) is 5. The number of unbranched alkanes of at least 4 members (excludes halogenated alkanes) is 2. The van der Waals surface area contributed by atoms with Crippen LogP contribution in [0, 0.1) is 40.4 Å². The van der Waals surface area contributed by atoms with Crippen molar-refractivity contribution < 1.29 is 9.53 Å². The van der Waals surface area contributed by atoms with Crippen molar-refractivity contribution in [3.8, 4) is 17.9 Å². The van der Waals surface area contributed by atoms with Crippen molar-refractivity contribution in [1.29, 1.82) is 10.5 Å². The smallest absolute Gasteiger partial charge is 0.221 e. The summed E-state index contributed by atoms with van der Waals surface area (Å²) in [6, 6.07) is 13.3. The lowest BCUT2D eigenvalue weighted by Gasteiger charge is -2.33. The Balaban J connectivity index is 2.53. The molecule has 0 heterocycles. The molecule has 44 heavy (non-hydrogen) atoms. The monoisotopic (exact) mass is 600 g/mol. The number of anilines is 2. The first-order valence-corrected chi connectivity index (χ1v) is 16.4. The second-order valence-electron chi connectivity index (χ2n) is 12.1. The fraction of sp³-hybridized carbons (Fsp3) is 0.583. The van der Waals surface area contributed by atoms with Crippen LogP contribution in [0.15, 0.2) is 40.6 Å². The summed E-state index contributed by atoms with van der Waals surface area (Å²) >= 11 is 0. The van der Waals surface area contributed by atoms with Gasteiger partial charge in [0.2, 0.25) is 5.91 Å². The lowest BCUT2D eigenvalue weighted by molar-refractivity contribution is -0.114. The van der Waals surface area contributed by atoms with E-state index in [0.29, 0.717) is 41.5 Å². The minimum absolute atomic E-state index is 0.176. The van der Waals surface area contributed by atoms with Crippen LogP contribution in [0.1, 0.15) is 111 Å². The summed E-state index contributed by atoms with van der Waals surface area (Å²) in [5, 5.41) is 31.4. The molecule has 0 aliphatic heterocycles. The van der Waals surface area contributed by atoms with Gasteiger partial charge in [0.15, 0.2) is 0 Å². The molecule has 0 radical (unpaired) electrons. The maximum absolute atomic E-state index is 12.3. The third-order valence-electron chi connectivity index (χ3n) is 7.87. The van der Waals surface area contributed by atoms with Crippen molar-refractivity contribution in [2.24, 2.45) is 28.0 Å². The number of nitrogens with one attached hydrogen (secondary N) is 1. The Bertz CT molecular complexity index is 1250. The van der Waals surface area contributed by atoms with Crippen LogP contribution in [0.4, 0.5) is 22.7 Å². The van der Waals surface area contributed by atoms with Crippen LogP contribution in [0.5, 0.6) is 5.75 Å². The maximum Gasteiger partial charge on any atom is 0.221 e. The van der Waals surface area contributed by atoms with Crippen LogP contribution in [0.25, 0.3) is 0 Å². The van der Waals surface area contributed by atoms with Gasteiger partial charge >= 0.3 is 0 Å². The van der Waals surface area contributed by atoms with Crippen LogP contribution in [-0.4, -0.2) is 25.6 Å². The van der Waals surface area contributed by atoms with E-state index in [9.17, 15) is 15.3 Å². The van der Waals surface area contributed by atoms with Crippen LogP contribution in [-0.2, 0) is 4.79 Å². The molecule has 1 amide bonds. The quantitative estimate of drug-likeness (QED) is 0.161. The highest BCUT2D eigenvalue weighted by Gasteiger charge is 2.19. The summed E-state index contributed by atoms with van der Waals surface area (Å²) in [6.07, 6.45) is 9.45. The first-order valence-electron chi connectivity index (χ1n) is 16.4. The van der Waals surface area contributed by atoms with E-state index in [-0.39, 0.29) is 22.7 Å². The molecule has 0 aliphatic carbocycles. The highest BCUT2D eigenvalue weighted by Crippen LogP contribution is 2.36. The predicted octanol–water partition coefficient (Wildman–Crippen LogP) is 10.1. The van der Waals surface area contributed by atoms with Crippen molar-refractivity contribution in [2.45, 2.75) is 99.8 Å². The van der Waals surface area contributed by atoms with Gasteiger partial charge in [0.1, 0.15) is 29.3 Å². The van der Waals surface area contributed by atoms with Crippen molar-refractivity contribution in [3.05, 3.63) is 41.5 Å². The predicted molar refractivity (Wildman–Crippen MR) is 180 cm³/mol. The molecule has 2 rings (SSSR count). The summed E-state index contributed by atoms with van der Waals surface area (Å²) in [7, 11) is 0. The summed E-state index contributed by atoms with van der Waals surface area (Å²) in [5.74, 6) is 1.70. The highest BCUT2D eigenvalue weighted by molar-refractivity contribution is 5.93. The molecule has 238 valence electrons. The molecule has 0 bridgehead atoms. The highest BCUT2D eigenvalue weighted by atomic mass is 16.5. The molecule has 0 aliphatic rings. The van der Waals surface area contributed by atoms with E-state index in [0.717, 1.165) is 31.6 Å². The van der Waals surface area contributed by atoms with E-state index in [1.54, 1.807) is 12.1 Å². The third kappa shape index (κ3) is 11.6. The van der Waals surface area contributed by atoms with Crippen LogP contribution in [0.2, 0.25) is 0 Å². The number of amides is 1.